The van der Waals surface area contributed by atoms with Gasteiger partial charge in [0.2, 0.25) is 11.7 Å². The third-order valence-electron chi connectivity index (χ3n) is 9.25. The number of alkyl halides is 12. The monoisotopic (exact) mass is 936 g/mol. The first-order chi connectivity index (χ1) is 29.5. The molecule has 352 valence electrons. The van der Waals surface area contributed by atoms with Gasteiger partial charge in [-0.3, -0.25) is 9.58 Å². The molecule has 4 aromatic heterocycles. The summed E-state index contributed by atoms with van der Waals surface area (Å²) in [6.45, 7) is 4.26. The number of rotatable bonds is 9. The van der Waals surface area contributed by atoms with Gasteiger partial charge in [-0.1, -0.05) is 6.92 Å². The molecule has 2 fully saturated rings. The number of aliphatic carboxylic acids is 3. The Labute approximate surface area is 352 Å². The topological polar surface area (TPSA) is 237 Å². The minimum Gasteiger partial charge on any atom is -0.475 e. The number of nitrogens with one attached hydrogen (secondary N) is 1. The number of ether oxygens (including phenoxy) is 1. The summed E-state index contributed by atoms with van der Waals surface area (Å²) in [5.41, 5.74) is 2.26. The highest BCUT2D eigenvalue weighted by Crippen LogP contribution is 2.39. The lowest BCUT2D eigenvalue weighted by Gasteiger charge is -2.53. The average molecular weight is 937 g/mol. The van der Waals surface area contributed by atoms with Crippen LogP contribution in [0.4, 0.5) is 52.7 Å². The van der Waals surface area contributed by atoms with Gasteiger partial charge in [-0.15, -0.1) is 0 Å². The van der Waals surface area contributed by atoms with Crippen LogP contribution in [-0.4, -0.2) is 135 Å². The van der Waals surface area contributed by atoms with Gasteiger partial charge >= 0.3 is 42.6 Å². The molecule has 0 aromatic carbocycles. The number of hydrogen-bond donors (Lipinski definition) is 4. The molecule has 1 saturated heterocycles. The van der Waals surface area contributed by atoms with E-state index in [0.29, 0.717) is 44.9 Å². The Bertz CT molecular complexity index is 2180. The molecular formula is C35H36F12N10O7. The molecule has 17 nitrogen and oxygen atoms in total. The first-order valence-electron chi connectivity index (χ1n) is 18.2. The van der Waals surface area contributed by atoms with E-state index in [4.69, 9.17) is 34.4 Å². The summed E-state index contributed by atoms with van der Waals surface area (Å²) in [6, 6.07) is 6.09. The molecule has 1 saturated carbocycles. The van der Waals surface area contributed by atoms with Crippen LogP contribution >= 0.6 is 0 Å². The molecule has 64 heavy (non-hydrogen) atoms. The summed E-state index contributed by atoms with van der Waals surface area (Å²) in [7, 11) is 1.82. The zero-order chi connectivity index (χ0) is 48.4. The van der Waals surface area contributed by atoms with Gasteiger partial charge in [-0.25, -0.2) is 29.3 Å². The molecule has 1 aliphatic carbocycles. The summed E-state index contributed by atoms with van der Waals surface area (Å²) in [5, 5.41) is 36.6. The molecule has 5 heterocycles. The van der Waals surface area contributed by atoms with Crippen LogP contribution in [0.2, 0.25) is 0 Å². The molecule has 1 aliphatic heterocycles. The predicted molar refractivity (Wildman–Crippen MR) is 192 cm³/mol. The van der Waals surface area contributed by atoms with E-state index in [1.54, 1.807) is 6.20 Å². The Morgan fingerprint density at radius 2 is 1.45 bits per heavy atom. The minimum atomic E-state index is -5.08. The van der Waals surface area contributed by atoms with Crippen LogP contribution in [0.3, 0.4) is 0 Å². The van der Waals surface area contributed by atoms with Crippen LogP contribution in [0, 0.1) is 11.3 Å². The third-order valence-corrected chi connectivity index (χ3v) is 9.25. The van der Waals surface area contributed by atoms with Gasteiger partial charge in [0.05, 0.1) is 30.1 Å². The van der Waals surface area contributed by atoms with E-state index < -0.39 is 54.0 Å². The number of nitrogens with zero attached hydrogens (tertiary/aromatic N) is 9. The zero-order valence-corrected chi connectivity index (χ0v) is 33.0. The number of aromatic nitrogens is 7. The van der Waals surface area contributed by atoms with Gasteiger partial charge in [-0.2, -0.15) is 68.0 Å². The molecule has 0 radical (unpaired) electrons. The van der Waals surface area contributed by atoms with Crippen molar-refractivity contribution in [1.29, 1.82) is 5.26 Å². The van der Waals surface area contributed by atoms with E-state index in [9.17, 15) is 57.9 Å². The average Bonchev–Trinajstić information content (AvgIpc) is 3.87. The number of halogens is 12. The number of aromatic amines is 1. The van der Waals surface area contributed by atoms with E-state index in [1.807, 2.05) is 42.0 Å². The van der Waals surface area contributed by atoms with E-state index in [0.717, 1.165) is 35.1 Å². The van der Waals surface area contributed by atoms with Crippen LogP contribution in [0.25, 0.3) is 22.3 Å². The molecule has 0 spiro atoms. The van der Waals surface area contributed by atoms with Gasteiger partial charge in [0.15, 0.2) is 0 Å². The van der Waals surface area contributed by atoms with Crippen molar-refractivity contribution in [2.75, 3.05) is 26.7 Å². The van der Waals surface area contributed by atoms with Crippen LogP contribution < -0.4 is 4.74 Å². The Morgan fingerprint density at radius 1 is 0.906 bits per heavy atom. The van der Waals surface area contributed by atoms with Crippen molar-refractivity contribution in [3.63, 3.8) is 0 Å². The van der Waals surface area contributed by atoms with Crippen molar-refractivity contribution in [1.82, 2.24) is 44.5 Å². The molecular weight excluding hydrogens is 900 g/mol. The zero-order valence-electron chi connectivity index (χ0n) is 33.0. The number of fused-ring (bicyclic) bond motifs is 1. The number of H-pyrrole nitrogens is 1. The van der Waals surface area contributed by atoms with Gasteiger partial charge in [0.25, 0.3) is 0 Å². The molecule has 0 unspecified atom stereocenters. The summed E-state index contributed by atoms with van der Waals surface area (Å²) in [6.07, 6.45) is -9.63. The fraction of sp³-hybridized carbons (Fsp3) is 0.514. The van der Waals surface area contributed by atoms with E-state index >= 15 is 0 Å². The second kappa shape index (κ2) is 20.9. The standard InChI is InChI=1S/C29H33F3N10O.3C2HF3O2/c1-3-40(2)15-20-12-24(39-27(38-20)29(30,31)32)43-22-6-4-21(5-7-22)41-16-28(17-41,9-10-33)42-14-19(13-37-42)25-23-8-11-34-26(23)36-18-35-25;3*3-2(4,5)1(6)7/h8,11-14,18,21-22H,3-7,9,15-17H2,1-2H3,(H,34,35,36);3*(H,6,7). The fourth-order valence-electron chi connectivity index (χ4n) is 6.09. The highest BCUT2D eigenvalue weighted by molar-refractivity contribution is 5.90. The predicted octanol–water partition coefficient (Wildman–Crippen LogP) is 6.30. The van der Waals surface area contributed by atoms with Gasteiger partial charge in [-0.05, 0) is 45.3 Å². The SMILES string of the molecule is CCN(C)Cc1cc(OC2CCC(N3CC(CC#N)(n4cc(-c5ncnc6[nH]ccc56)cn4)C3)CC2)nc(C(F)(F)F)n1.O=C(O)C(F)(F)F.O=C(O)C(F)(F)F.O=C(O)C(F)(F)F. The van der Waals surface area contributed by atoms with Crippen molar-refractivity contribution >= 4 is 28.9 Å². The minimum absolute atomic E-state index is 0.0302. The van der Waals surface area contributed by atoms with Gasteiger partial charge in [0.1, 0.15) is 23.6 Å². The smallest absolute Gasteiger partial charge is 0.475 e. The van der Waals surface area contributed by atoms with Crippen molar-refractivity contribution < 1.29 is 87.1 Å². The number of carbonyl (C=O) groups is 3. The van der Waals surface area contributed by atoms with Crippen molar-refractivity contribution in [3.8, 4) is 23.2 Å². The number of carboxylic acid groups (broad SMARTS) is 3. The lowest BCUT2D eigenvalue weighted by atomic mass is 9.82. The van der Waals surface area contributed by atoms with Crippen LogP contribution in [0.15, 0.2) is 37.1 Å². The largest absolute Gasteiger partial charge is 0.490 e. The Balaban J connectivity index is 0.000000429. The number of likely N-dealkylation sites (tertiary alicyclic amines) is 1. The van der Waals surface area contributed by atoms with Crippen LogP contribution in [-0.2, 0) is 32.6 Å². The molecule has 0 atom stereocenters. The summed E-state index contributed by atoms with van der Waals surface area (Å²) in [4.78, 5) is 50.2. The molecule has 0 bridgehead atoms. The Hall–Kier alpha value is -6.31. The van der Waals surface area contributed by atoms with E-state index in [-0.39, 0.29) is 24.2 Å². The lowest BCUT2D eigenvalue weighted by molar-refractivity contribution is -0.193. The molecule has 29 heteroatoms. The molecule has 4 aromatic rings. The normalized spacial score (nSPS) is 17.6. The van der Waals surface area contributed by atoms with Crippen molar-refractivity contribution in [3.05, 3.63) is 48.6 Å². The maximum Gasteiger partial charge on any atom is 0.490 e. The number of nitriles is 1. The first-order valence-corrected chi connectivity index (χ1v) is 18.2. The van der Waals surface area contributed by atoms with Crippen LogP contribution in [0.5, 0.6) is 5.88 Å². The van der Waals surface area contributed by atoms with Crippen molar-refractivity contribution in [2.45, 2.75) is 88.0 Å². The third kappa shape index (κ3) is 14.6. The highest BCUT2D eigenvalue weighted by atomic mass is 19.4. The molecule has 2 aliphatic rings. The highest BCUT2D eigenvalue weighted by Gasteiger charge is 2.48. The quantitative estimate of drug-likeness (QED) is 0.135. The second-order valence-electron chi connectivity index (χ2n) is 13.9. The Kier molecular flexibility index (Phi) is 17.0. The summed E-state index contributed by atoms with van der Waals surface area (Å²) < 4.78 is 144. The van der Waals surface area contributed by atoms with Crippen LogP contribution in [0.1, 0.15) is 50.5 Å². The molecule has 4 N–H and O–H groups in total. The Morgan fingerprint density at radius 3 is 1.94 bits per heavy atom. The first kappa shape index (κ1) is 52.0. The maximum absolute atomic E-state index is 13.5. The summed E-state index contributed by atoms with van der Waals surface area (Å²) >= 11 is 0. The maximum atomic E-state index is 13.5. The fourth-order valence-corrected chi connectivity index (χ4v) is 6.09. The number of hydrogen-bond acceptors (Lipinski definition) is 12. The van der Waals surface area contributed by atoms with Crippen molar-refractivity contribution in [2.24, 2.45) is 0 Å². The molecule has 6 rings (SSSR count). The lowest BCUT2D eigenvalue weighted by Crippen LogP contribution is -2.65. The van der Waals surface area contributed by atoms with E-state index in [2.05, 4.69) is 41.0 Å². The van der Waals surface area contributed by atoms with Gasteiger partial charge < -0.3 is 29.9 Å². The van der Waals surface area contributed by atoms with E-state index in [1.165, 1.54) is 12.4 Å². The summed E-state index contributed by atoms with van der Waals surface area (Å²) in [5.74, 6) is -9.48. The number of carboxylic acids is 3. The van der Waals surface area contributed by atoms with Gasteiger partial charge in [0, 0.05) is 55.1 Å². The second-order valence-corrected chi connectivity index (χ2v) is 13.9. The molecule has 0 amide bonds.